The predicted octanol–water partition coefficient (Wildman–Crippen LogP) is 1.54. The minimum Gasteiger partial charge on any atom is -0.396 e. The van der Waals surface area contributed by atoms with Crippen molar-refractivity contribution in [2.45, 2.75) is 6.42 Å². The maximum absolute atomic E-state index is 8.92. The quantitative estimate of drug-likeness (QED) is 0.687. The molecule has 2 aliphatic rings. The molecule has 0 aromatic heterocycles. The molecule has 15 heavy (non-hydrogen) atoms. The molecular formula is C12H10N2O+2. The number of nitrogens with zero attached hydrogens (tertiary/aromatic N) is 2. The average Bonchev–Trinajstić information content (AvgIpc) is 2.31. The third-order valence-corrected chi connectivity index (χ3v) is 2.14. The molecule has 0 amide bonds. The summed E-state index contributed by atoms with van der Waals surface area (Å²) in [5.41, 5.74) is 2.96. The Bertz CT molecular complexity index is 423. The summed E-state index contributed by atoms with van der Waals surface area (Å²) < 4.78 is 0. The third kappa shape index (κ3) is 2.12. The molecule has 0 unspecified atom stereocenters. The Kier molecular flexibility index (Phi) is 2.91. The van der Waals surface area contributed by atoms with Gasteiger partial charge in [-0.15, -0.1) is 0 Å². The van der Waals surface area contributed by atoms with Crippen molar-refractivity contribution in [1.82, 2.24) is 0 Å². The number of rotatable bonds is 3. The molecule has 0 aromatic carbocycles. The van der Waals surface area contributed by atoms with E-state index in [1.165, 1.54) is 0 Å². The average molecular weight is 198 g/mol. The van der Waals surface area contributed by atoms with Crippen molar-refractivity contribution in [1.29, 1.82) is 0 Å². The normalized spacial score (nSPS) is 17.5. The van der Waals surface area contributed by atoms with Gasteiger partial charge in [-0.25, -0.2) is 0 Å². The number of aliphatic hydroxyl groups excluding tert-OH is 1. The first kappa shape index (κ1) is 9.63. The summed E-state index contributed by atoms with van der Waals surface area (Å²) in [7, 11) is 0. The summed E-state index contributed by atoms with van der Waals surface area (Å²) in [5.74, 6) is 0. The Morgan fingerprint density at radius 2 is 2.07 bits per heavy atom. The van der Waals surface area contributed by atoms with Crippen molar-refractivity contribution in [2.75, 3.05) is 6.61 Å². The van der Waals surface area contributed by atoms with Crippen LogP contribution in [-0.4, -0.2) is 24.1 Å². The van der Waals surface area contributed by atoms with Gasteiger partial charge in [0, 0.05) is 6.42 Å². The molecule has 0 spiro atoms. The standard InChI is InChI=1S/C12H10N2O/c15-8-4-11-9-14-7-3-12(11)10-1-5-13-6-2-10/h1-3,5,7,15H,4,8H2/q+2. The molecule has 2 rings (SSSR count). The Balaban J connectivity index is 2.36. The van der Waals surface area contributed by atoms with Gasteiger partial charge in [0.1, 0.15) is 18.5 Å². The fourth-order valence-electron chi connectivity index (χ4n) is 1.44. The maximum atomic E-state index is 8.92. The van der Waals surface area contributed by atoms with Crippen LogP contribution in [0.1, 0.15) is 6.42 Å². The molecule has 3 heteroatoms. The molecule has 2 heterocycles. The molecule has 72 valence electrons. The highest BCUT2D eigenvalue weighted by Crippen LogP contribution is 2.22. The van der Waals surface area contributed by atoms with Crippen LogP contribution in [0.5, 0.6) is 0 Å². The van der Waals surface area contributed by atoms with E-state index in [0.29, 0.717) is 6.42 Å². The van der Waals surface area contributed by atoms with Gasteiger partial charge in [0.25, 0.3) is 0 Å². The van der Waals surface area contributed by atoms with Crippen molar-refractivity contribution in [3.63, 3.8) is 0 Å². The highest BCUT2D eigenvalue weighted by molar-refractivity contribution is 5.86. The topological polar surface area (TPSA) is 45.0 Å². The molecule has 0 aromatic rings. The summed E-state index contributed by atoms with van der Waals surface area (Å²) in [6, 6.07) is 0. The van der Waals surface area contributed by atoms with Gasteiger partial charge in [-0.05, 0) is 0 Å². The van der Waals surface area contributed by atoms with E-state index in [1.54, 1.807) is 12.4 Å². The van der Waals surface area contributed by atoms with E-state index >= 15 is 0 Å². The molecule has 0 radical (unpaired) electrons. The summed E-state index contributed by atoms with van der Waals surface area (Å²) in [6.07, 6.45) is 15.2. The van der Waals surface area contributed by atoms with Gasteiger partial charge in [-0.1, -0.05) is 9.98 Å². The van der Waals surface area contributed by atoms with Crippen molar-refractivity contribution in [2.24, 2.45) is 9.98 Å². The maximum Gasteiger partial charge on any atom is 0.161 e. The van der Waals surface area contributed by atoms with E-state index < -0.39 is 0 Å². The molecule has 1 N–H and O–H groups in total. The lowest BCUT2D eigenvalue weighted by Gasteiger charge is -1.98. The number of allylic oxidation sites excluding steroid dienone is 5. The van der Waals surface area contributed by atoms with E-state index in [1.807, 2.05) is 18.2 Å². The van der Waals surface area contributed by atoms with E-state index in [0.717, 1.165) is 16.7 Å². The van der Waals surface area contributed by atoms with Gasteiger partial charge in [0.2, 0.25) is 0 Å². The molecule has 0 bridgehead atoms. The minimum absolute atomic E-state index is 0.101. The second-order valence-electron chi connectivity index (χ2n) is 3.10. The van der Waals surface area contributed by atoms with Crippen LogP contribution >= 0.6 is 0 Å². The lowest BCUT2D eigenvalue weighted by molar-refractivity contribution is 0.301. The van der Waals surface area contributed by atoms with Crippen molar-refractivity contribution < 1.29 is 5.11 Å². The minimum atomic E-state index is 0.101. The second kappa shape index (κ2) is 4.54. The number of hydrogen-bond donors (Lipinski definition) is 1. The Labute approximate surface area is 88.6 Å². The highest BCUT2D eigenvalue weighted by atomic mass is 16.2. The van der Waals surface area contributed by atoms with Crippen LogP contribution < -0.4 is 0 Å². The van der Waals surface area contributed by atoms with Crippen LogP contribution in [0.15, 0.2) is 57.3 Å². The Morgan fingerprint density at radius 3 is 2.80 bits per heavy atom. The zero-order valence-electron chi connectivity index (χ0n) is 8.14. The van der Waals surface area contributed by atoms with Crippen LogP contribution in [0.3, 0.4) is 0 Å². The first-order valence-electron chi connectivity index (χ1n) is 4.70. The van der Waals surface area contributed by atoms with E-state index in [2.05, 4.69) is 22.4 Å². The fourth-order valence-corrected chi connectivity index (χ4v) is 1.44. The first-order valence-corrected chi connectivity index (χ1v) is 4.70. The van der Waals surface area contributed by atoms with Crippen molar-refractivity contribution in [3.05, 3.63) is 47.3 Å². The molecule has 0 saturated carbocycles. The highest BCUT2D eigenvalue weighted by Gasteiger charge is 2.23. The Hall–Kier alpha value is -1.92. The Morgan fingerprint density at radius 1 is 1.20 bits per heavy atom. The van der Waals surface area contributed by atoms with Gasteiger partial charge >= 0.3 is 0 Å². The zero-order chi connectivity index (χ0) is 10.5. The summed E-state index contributed by atoms with van der Waals surface area (Å²) in [6.45, 7) is 0.101. The molecular weight excluding hydrogens is 188 g/mol. The van der Waals surface area contributed by atoms with Crippen LogP contribution in [0.2, 0.25) is 0 Å². The summed E-state index contributed by atoms with van der Waals surface area (Å²) >= 11 is 0. The number of aliphatic imine (C=N–C) groups is 2. The van der Waals surface area contributed by atoms with Gasteiger partial charge < -0.3 is 5.11 Å². The van der Waals surface area contributed by atoms with Crippen molar-refractivity contribution in [3.8, 4) is 0 Å². The number of aliphatic hydroxyl groups is 1. The van der Waals surface area contributed by atoms with Gasteiger partial charge in [-0.3, -0.25) is 0 Å². The zero-order valence-corrected chi connectivity index (χ0v) is 8.14. The van der Waals surface area contributed by atoms with E-state index in [-0.39, 0.29) is 6.61 Å². The van der Waals surface area contributed by atoms with Crippen molar-refractivity contribution >= 4 is 12.4 Å². The van der Waals surface area contributed by atoms with E-state index in [9.17, 15) is 0 Å². The lowest BCUT2D eigenvalue weighted by atomic mass is 9.96. The van der Waals surface area contributed by atoms with E-state index in [4.69, 9.17) is 5.11 Å². The van der Waals surface area contributed by atoms with Crippen LogP contribution in [0.4, 0.5) is 0 Å². The first-order chi connectivity index (χ1) is 7.42. The SMILES string of the molecule is OCCC1=C(C2=C[C+]=NC=C2)C=CN=[C+]1. The summed E-state index contributed by atoms with van der Waals surface area (Å²) in [4.78, 5) is 7.77. The molecule has 2 aliphatic heterocycles. The third-order valence-electron chi connectivity index (χ3n) is 2.14. The monoisotopic (exact) mass is 198 g/mol. The predicted molar refractivity (Wildman–Crippen MR) is 60.0 cm³/mol. The van der Waals surface area contributed by atoms with Crippen LogP contribution in [0, 0.1) is 0 Å². The summed E-state index contributed by atoms with van der Waals surface area (Å²) in [5, 5.41) is 8.92. The second-order valence-corrected chi connectivity index (χ2v) is 3.10. The molecule has 0 aliphatic carbocycles. The molecule has 0 saturated heterocycles. The van der Waals surface area contributed by atoms with Gasteiger partial charge in [0.05, 0.1) is 18.8 Å². The lowest BCUT2D eigenvalue weighted by Crippen LogP contribution is -2.00. The van der Waals surface area contributed by atoms with Gasteiger partial charge in [-0.2, -0.15) is 0 Å². The van der Waals surface area contributed by atoms with Crippen LogP contribution in [-0.2, 0) is 0 Å². The van der Waals surface area contributed by atoms with Gasteiger partial charge in [0.15, 0.2) is 29.1 Å². The van der Waals surface area contributed by atoms with Crippen LogP contribution in [0.25, 0.3) is 0 Å². The molecule has 0 fully saturated rings. The number of hydrogen-bond acceptors (Lipinski definition) is 3. The largest absolute Gasteiger partial charge is 0.396 e. The fraction of sp³-hybridized carbons (Fsp3) is 0.167. The smallest absolute Gasteiger partial charge is 0.161 e. The molecule has 0 atom stereocenters. The molecule has 3 nitrogen and oxygen atoms in total.